The number of nitrogens with zero attached hydrogens (tertiary/aromatic N) is 1. The van der Waals surface area contributed by atoms with Crippen molar-refractivity contribution >= 4 is 0 Å². The lowest BCUT2D eigenvalue weighted by Crippen LogP contribution is -2.59. The monoisotopic (exact) mass is 328 g/mol. The third-order valence-corrected chi connectivity index (χ3v) is 3.32. The van der Waals surface area contributed by atoms with Crippen LogP contribution >= 0.6 is 0 Å². The van der Waals surface area contributed by atoms with Crippen molar-refractivity contribution < 1.29 is 36.0 Å². The van der Waals surface area contributed by atoms with E-state index in [2.05, 4.69) is 0 Å². The van der Waals surface area contributed by atoms with Crippen molar-refractivity contribution in [2.24, 2.45) is 0 Å². The molecule has 5 atom stereocenters. The average molecular weight is 328 g/mol. The van der Waals surface area contributed by atoms with Gasteiger partial charge in [0.2, 0.25) is 5.60 Å². The molecular weight excluding hydrogens is 313 g/mol. The number of hydrogen-bond donors (Lipinski definition) is 4. The Morgan fingerprint density at radius 3 is 2.64 bits per heavy atom. The quantitative estimate of drug-likeness (QED) is 0.522. The molecule has 1 aliphatic heterocycles. The van der Waals surface area contributed by atoms with Crippen LogP contribution in [0.2, 0.25) is 0 Å². The van der Waals surface area contributed by atoms with E-state index in [1.165, 1.54) is 4.98 Å². The summed E-state index contributed by atoms with van der Waals surface area (Å²) in [5.41, 5.74) is -6.92. The Bertz CT molecular complexity index is 764. The van der Waals surface area contributed by atoms with Crippen LogP contribution in [0.1, 0.15) is 15.9 Å². The van der Waals surface area contributed by atoms with Crippen molar-refractivity contribution in [3.05, 3.63) is 33.1 Å². The van der Waals surface area contributed by atoms with Crippen molar-refractivity contribution in [3.63, 3.8) is 0 Å². The molecule has 4 N–H and O–H groups in total. The van der Waals surface area contributed by atoms with Gasteiger partial charge in [-0.1, -0.05) is 0 Å². The lowest BCUT2D eigenvalue weighted by molar-refractivity contribution is -0.304. The minimum absolute atomic E-state index is 0.108. The first-order chi connectivity index (χ1) is 10.8. The Morgan fingerprint density at radius 2 is 2.14 bits per heavy atom. The highest BCUT2D eigenvalue weighted by atomic mass is 19.4. The van der Waals surface area contributed by atoms with Crippen LogP contribution < -0.4 is 11.2 Å². The van der Waals surface area contributed by atoms with Gasteiger partial charge in [0.15, 0.2) is 6.23 Å². The highest BCUT2D eigenvalue weighted by molar-refractivity contribution is 5.08. The van der Waals surface area contributed by atoms with Gasteiger partial charge in [-0.15, -0.1) is 0 Å². The second-order valence-electron chi connectivity index (χ2n) is 4.83. The number of ether oxygens (including phenoxy) is 1. The molecule has 0 aliphatic carbocycles. The standard InChI is InChI=1S/C11H13F3N2O6/c1-4(17)6-7(19)10(21,11(12,13)14)8(22-6)16-3-2-5(18)15-9(16)20/h2-4,6-8,17,19,21H,1H3,(H,15,18,20)/t4?,6-,7?,8-,10-/m1/s1/i2D,3D. The highest BCUT2D eigenvalue weighted by Crippen LogP contribution is 2.48. The largest absolute Gasteiger partial charge is 0.424 e. The van der Waals surface area contributed by atoms with E-state index in [9.17, 15) is 38.1 Å². The first kappa shape index (κ1) is 13.9. The second kappa shape index (κ2) is 5.19. The number of aliphatic hydroxyl groups is 3. The first-order valence-electron chi connectivity index (χ1n) is 6.96. The molecule has 1 aliphatic rings. The van der Waals surface area contributed by atoms with Crippen LogP contribution in [0.4, 0.5) is 13.2 Å². The summed E-state index contributed by atoms with van der Waals surface area (Å²) in [6.45, 7) is 0.986. The van der Waals surface area contributed by atoms with E-state index in [1.54, 1.807) is 0 Å². The lowest BCUT2D eigenvalue weighted by atomic mass is 9.91. The summed E-state index contributed by atoms with van der Waals surface area (Å²) in [7, 11) is 0. The van der Waals surface area contributed by atoms with Crippen LogP contribution in [0.5, 0.6) is 0 Å². The SMILES string of the molecule is [2H]c1c([2H])n([C@@H]2O[C@H](C(C)O)C(O)[C@]2(O)C(F)(F)F)c(=O)[nH]c1=O. The summed E-state index contributed by atoms with van der Waals surface area (Å²) in [5, 5.41) is 29.3. The van der Waals surface area contributed by atoms with Gasteiger partial charge in [0.1, 0.15) is 12.2 Å². The van der Waals surface area contributed by atoms with Gasteiger partial charge in [0.05, 0.1) is 8.85 Å². The zero-order chi connectivity index (χ0) is 18.6. The number of alkyl halides is 3. The van der Waals surface area contributed by atoms with E-state index in [1.807, 2.05) is 0 Å². The Hall–Kier alpha value is -1.69. The van der Waals surface area contributed by atoms with Crippen LogP contribution in [0.15, 0.2) is 21.8 Å². The van der Waals surface area contributed by atoms with Gasteiger partial charge < -0.3 is 20.1 Å². The van der Waals surface area contributed by atoms with Crippen molar-refractivity contribution in [3.8, 4) is 0 Å². The summed E-state index contributed by atoms with van der Waals surface area (Å²) in [6, 6.07) is -1.14. The van der Waals surface area contributed by atoms with E-state index < -0.39 is 59.8 Å². The molecule has 22 heavy (non-hydrogen) atoms. The molecule has 0 amide bonds. The summed E-state index contributed by atoms with van der Waals surface area (Å²) in [6.07, 6.45) is -15.8. The number of halogens is 3. The molecular formula is C11H13F3N2O6. The average Bonchev–Trinajstić information content (AvgIpc) is 2.71. The van der Waals surface area contributed by atoms with Crippen LogP contribution in [-0.4, -0.2) is 55.0 Å². The Kier molecular flexibility index (Phi) is 3.29. The zero-order valence-corrected chi connectivity index (χ0v) is 11.0. The fourth-order valence-electron chi connectivity index (χ4n) is 2.18. The predicted molar refractivity (Wildman–Crippen MR) is 63.9 cm³/mol. The van der Waals surface area contributed by atoms with Gasteiger partial charge in [-0.25, -0.2) is 4.79 Å². The molecule has 1 fully saturated rings. The molecule has 2 heterocycles. The maximum Gasteiger partial charge on any atom is 0.424 e. The normalized spacial score (nSPS) is 35.1. The second-order valence-corrected chi connectivity index (χ2v) is 4.83. The Morgan fingerprint density at radius 1 is 1.55 bits per heavy atom. The van der Waals surface area contributed by atoms with E-state index in [0.717, 1.165) is 6.92 Å². The van der Waals surface area contributed by atoms with Crippen molar-refractivity contribution in [1.29, 1.82) is 0 Å². The molecule has 0 bridgehead atoms. The topological polar surface area (TPSA) is 125 Å². The van der Waals surface area contributed by atoms with Crippen molar-refractivity contribution in [1.82, 2.24) is 9.55 Å². The third kappa shape index (κ3) is 2.35. The molecule has 0 spiro atoms. The summed E-state index contributed by atoms with van der Waals surface area (Å²) < 4.78 is 59.5. The maximum absolute atomic E-state index is 13.3. The minimum atomic E-state index is -5.52. The minimum Gasteiger partial charge on any atom is -0.391 e. The molecule has 8 nitrogen and oxygen atoms in total. The van der Waals surface area contributed by atoms with Crippen molar-refractivity contribution in [2.45, 2.75) is 43.2 Å². The molecule has 2 unspecified atom stereocenters. The maximum atomic E-state index is 13.3. The van der Waals surface area contributed by atoms with Gasteiger partial charge in [0.25, 0.3) is 5.56 Å². The molecule has 0 aromatic carbocycles. The number of hydrogen-bond acceptors (Lipinski definition) is 6. The third-order valence-electron chi connectivity index (χ3n) is 3.32. The molecule has 1 aromatic rings. The van der Waals surface area contributed by atoms with E-state index in [0.29, 0.717) is 0 Å². The summed E-state index contributed by atoms with van der Waals surface area (Å²) in [5.74, 6) is 0. The van der Waals surface area contributed by atoms with Gasteiger partial charge >= 0.3 is 11.9 Å². The van der Waals surface area contributed by atoms with Crippen LogP contribution in [0.25, 0.3) is 0 Å². The molecule has 1 saturated heterocycles. The molecule has 2 rings (SSSR count). The smallest absolute Gasteiger partial charge is 0.391 e. The van der Waals surface area contributed by atoms with Crippen LogP contribution in [0, 0.1) is 0 Å². The molecule has 124 valence electrons. The van der Waals surface area contributed by atoms with E-state index >= 15 is 0 Å². The van der Waals surface area contributed by atoms with Gasteiger partial charge in [0, 0.05) is 12.2 Å². The Balaban J connectivity index is 2.75. The van der Waals surface area contributed by atoms with Crippen LogP contribution in [-0.2, 0) is 4.74 Å². The number of aromatic nitrogens is 2. The van der Waals surface area contributed by atoms with Gasteiger partial charge in [-0.3, -0.25) is 14.3 Å². The first-order valence-corrected chi connectivity index (χ1v) is 5.96. The Labute approximate surface area is 123 Å². The fourth-order valence-corrected chi connectivity index (χ4v) is 2.18. The zero-order valence-electron chi connectivity index (χ0n) is 13.0. The summed E-state index contributed by atoms with van der Waals surface area (Å²) >= 11 is 0. The van der Waals surface area contributed by atoms with Crippen molar-refractivity contribution in [2.75, 3.05) is 0 Å². The number of rotatable bonds is 2. The predicted octanol–water partition coefficient (Wildman–Crippen LogP) is -1.53. The summed E-state index contributed by atoms with van der Waals surface area (Å²) in [4.78, 5) is 24.5. The molecule has 1 aromatic heterocycles. The fraction of sp³-hybridized carbons (Fsp3) is 0.636. The number of nitrogens with one attached hydrogen (secondary N) is 1. The van der Waals surface area contributed by atoms with Crippen LogP contribution in [0.3, 0.4) is 0 Å². The van der Waals surface area contributed by atoms with E-state index in [-0.39, 0.29) is 4.57 Å². The van der Waals surface area contributed by atoms with Gasteiger partial charge in [-0.05, 0) is 6.92 Å². The molecule has 0 saturated carbocycles. The number of aliphatic hydroxyl groups excluding tert-OH is 2. The number of aromatic amines is 1. The number of H-pyrrole nitrogens is 1. The molecule has 0 radical (unpaired) electrons. The molecule has 11 heteroatoms. The van der Waals surface area contributed by atoms with Gasteiger partial charge in [-0.2, -0.15) is 13.2 Å². The highest BCUT2D eigenvalue weighted by Gasteiger charge is 2.71. The van der Waals surface area contributed by atoms with E-state index in [4.69, 9.17) is 7.48 Å². The lowest BCUT2D eigenvalue weighted by Gasteiger charge is -2.33.